The van der Waals surface area contributed by atoms with E-state index in [9.17, 15) is 0 Å². The Labute approximate surface area is 191 Å². The zero-order valence-corrected chi connectivity index (χ0v) is 19.1. The second-order valence-electron chi connectivity index (χ2n) is 8.43. The number of nitrogens with zero attached hydrogens (tertiary/aromatic N) is 3. The number of benzene rings is 2. The molecule has 1 aliphatic rings. The first-order valence-corrected chi connectivity index (χ1v) is 11.7. The van der Waals surface area contributed by atoms with E-state index in [1.165, 1.54) is 18.5 Å². The highest BCUT2D eigenvalue weighted by molar-refractivity contribution is 5.66. The second kappa shape index (κ2) is 10.3. The lowest BCUT2D eigenvalue weighted by atomic mass is 10.1. The van der Waals surface area contributed by atoms with Crippen molar-refractivity contribution in [2.75, 3.05) is 28.6 Å². The highest BCUT2D eigenvalue weighted by atomic mass is 15.1. The standard InChI is InChI=1S/C27H33N5/c1-4-18-32(19-5-2)25-14-12-24(13-15-25)30-27-28-17-16-26(31-27)22-8-10-23(11-9-22)29-20(3)21-6-7-21/h8-17,21,29H,3-7,18-19H2,1-2H3,(H,28,30,31). The summed E-state index contributed by atoms with van der Waals surface area (Å²) in [6, 6.07) is 18.8. The molecule has 5 nitrogen and oxygen atoms in total. The first kappa shape index (κ1) is 21.9. The Balaban J connectivity index is 1.42. The first-order chi connectivity index (χ1) is 15.7. The van der Waals surface area contributed by atoms with Crippen LogP contribution in [0.1, 0.15) is 39.5 Å². The smallest absolute Gasteiger partial charge is 0.227 e. The number of hydrogen-bond donors (Lipinski definition) is 2. The maximum atomic E-state index is 4.71. The molecule has 1 heterocycles. The molecule has 3 aromatic rings. The van der Waals surface area contributed by atoms with Crippen molar-refractivity contribution >= 4 is 23.0 Å². The van der Waals surface area contributed by atoms with Crippen LogP contribution >= 0.6 is 0 Å². The summed E-state index contributed by atoms with van der Waals surface area (Å²) in [4.78, 5) is 11.5. The molecule has 5 heteroatoms. The third kappa shape index (κ3) is 5.67. The minimum atomic E-state index is 0.596. The molecule has 1 aromatic heterocycles. The number of aromatic nitrogens is 2. The van der Waals surface area contributed by atoms with Crippen molar-refractivity contribution in [2.24, 2.45) is 5.92 Å². The van der Waals surface area contributed by atoms with E-state index < -0.39 is 0 Å². The number of hydrogen-bond acceptors (Lipinski definition) is 5. The van der Waals surface area contributed by atoms with E-state index >= 15 is 0 Å². The van der Waals surface area contributed by atoms with Gasteiger partial charge in [0.1, 0.15) is 0 Å². The molecular weight excluding hydrogens is 394 g/mol. The number of allylic oxidation sites excluding steroid dienone is 1. The van der Waals surface area contributed by atoms with Gasteiger partial charge in [-0.15, -0.1) is 0 Å². The highest BCUT2D eigenvalue weighted by Crippen LogP contribution is 2.36. The van der Waals surface area contributed by atoms with E-state index in [0.717, 1.165) is 54.3 Å². The molecule has 1 aliphatic carbocycles. The van der Waals surface area contributed by atoms with E-state index in [4.69, 9.17) is 4.98 Å². The molecule has 0 unspecified atom stereocenters. The van der Waals surface area contributed by atoms with Crippen LogP contribution in [0.15, 0.2) is 73.1 Å². The Morgan fingerprint density at radius 3 is 2.22 bits per heavy atom. The Morgan fingerprint density at radius 2 is 1.59 bits per heavy atom. The van der Waals surface area contributed by atoms with Crippen LogP contribution in [0.25, 0.3) is 11.3 Å². The lowest BCUT2D eigenvalue weighted by Crippen LogP contribution is -2.24. The monoisotopic (exact) mass is 427 g/mol. The van der Waals surface area contributed by atoms with Gasteiger partial charge in [0.05, 0.1) is 5.69 Å². The van der Waals surface area contributed by atoms with Crippen LogP contribution in [-0.4, -0.2) is 23.1 Å². The van der Waals surface area contributed by atoms with Crippen LogP contribution in [0.2, 0.25) is 0 Å². The Hall–Kier alpha value is -3.34. The molecule has 166 valence electrons. The van der Waals surface area contributed by atoms with Gasteiger partial charge in [-0.3, -0.25) is 0 Å². The summed E-state index contributed by atoms with van der Waals surface area (Å²) in [5, 5.41) is 6.75. The van der Waals surface area contributed by atoms with Crippen molar-refractivity contribution in [2.45, 2.75) is 39.5 Å². The minimum absolute atomic E-state index is 0.596. The Morgan fingerprint density at radius 1 is 0.938 bits per heavy atom. The quantitative estimate of drug-likeness (QED) is 0.350. The fraction of sp³-hybridized carbons (Fsp3) is 0.333. The molecule has 0 bridgehead atoms. The van der Waals surface area contributed by atoms with Gasteiger partial charge in [-0.1, -0.05) is 32.6 Å². The fourth-order valence-corrected chi connectivity index (χ4v) is 3.82. The number of nitrogens with one attached hydrogen (secondary N) is 2. The van der Waals surface area contributed by atoms with Crippen LogP contribution in [0, 0.1) is 5.92 Å². The molecule has 1 saturated carbocycles. The SMILES string of the molecule is C=C(Nc1ccc(-c2ccnc(Nc3ccc(N(CCC)CCC)cc3)n2)cc1)C1CC1. The zero-order chi connectivity index (χ0) is 22.3. The summed E-state index contributed by atoms with van der Waals surface area (Å²) >= 11 is 0. The lowest BCUT2D eigenvalue weighted by molar-refractivity contribution is 0.745. The van der Waals surface area contributed by atoms with Crippen LogP contribution in [0.4, 0.5) is 23.0 Å². The van der Waals surface area contributed by atoms with E-state index in [-0.39, 0.29) is 0 Å². The van der Waals surface area contributed by atoms with Gasteiger partial charge in [0, 0.05) is 47.6 Å². The fourth-order valence-electron chi connectivity index (χ4n) is 3.82. The van der Waals surface area contributed by atoms with Crippen LogP contribution in [0.5, 0.6) is 0 Å². The Bertz CT molecular complexity index is 1020. The molecule has 0 spiro atoms. The van der Waals surface area contributed by atoms with Gasteiger partial charge in [0.15, 0.2) is 0 Å². The molecule has 0 radical (unpaired) electrons. The van der Waals surface area contributed by atoms with E-state index in [0.29, 0.717) is 11.9 Å². The minimum Gasteiger partial charge on any atom is -0.372 e. The predicted molar refractivity (Wildman–Crippen MR) is 135 cm³/mol. The van der Waals surface area contributed by atoms with Gasteiger partial charge in [-0.2, -0.15) is 0 Å². The van der Waals surface area contributed by atoms with Crippen molar-refractivity contribution in [3.63, 3.8) is 0 Å². The average molecular weight is 428 g/mol. The van der Waals surface area contributed by atoms with Gasteiger partial charge in [-0.25, -0.2) is 9.97 Å². The topological polar surface area (TPSA) is 53.1 Å². The van der Waals surface area contributed by atoms with Gasteiger partial charge in [0.2, 0.25) is 5.95 Å². The van der Waals surface area contributed by atoms with Crippen LogP contribution in [-0.2, 0) is 0 Å². The maximum absolute atomic E-state index is 4.71. The molecule has 2 aromatic carbocycles. The third-order valence-electron chi connectivity index (χ3n) is 5.69. The Kier molecular flexibility index (Phi) is 7.05. The van der Waals surface area contributed by atoms with Crippen molar-refractivity contribution in [1.82, 2.24) is 9.97 Å². The van der Waals surface area contributed by atoms with Crippen molar-refractivity contribution in [3.8, 4) is 11.3 Å². The van der Waals surface area contributed by atoms with Crippen LogP contribution < -0.4 is 15.5 Å². The largest absolute Gasteiger partial charge is 0.372 e. The van der Waals surface area contributed by atoms with Crippen molar-refractivity contribution in [3.05, 3.63) is 73.1 Å². The first-order valence-electron chi connectivity index (χ1n) is 11.7. The molecule has 32 heavy (non-hydrogen) atoms. The summed E-state index contributed by atoms with van der Waals surface area (Å²) in [6.07, 6.45) is 6.59. The predicted octanol–water partition coefficient (Wildman–Crippen LogP) is 6.85. The molecule has 0 aliphatic heterocycles. The van der Waals surface area contributed by atoms with E-state index in [2.05, 4.69) is 89.5 Å². The van der Waals surface area contributed by atoms with Crippen molar-refractivity contribution in [1.29, 1.82) is 0 Å². The van der Waals surface area contributed by atoms with Gasteiger partial charge in [0.25, 0.3) is 0 Å². The lowest BCUT2D eigenvalue weighted by Gasteiger charge is -2.24. The third-order valence-corrected chi connectivity index (χ3v) is 5.69. The normalized spacial score (nSPS) is 12.9. The zero-order valence-electron chi connectivity index (χ0n) is 19.1. The average Bonchev–Trinajstić information content (AvgIpc) is 3.66. The van der Waals surface area contributed by atoms with E-state index in [1.807, 2.05) is 6.07 Å². The van der Waals surface area contributed by atoms with Gasteiger partial charge >= 0.3 is 0 Å². The highest BCUT2D eigenvalue weighted by Gasteiger charge is 2.24. The second-order valence-corrected chi connectivity index (χ2v) is 8.43. The molecule has 0 saturated heterocycles. The van der Waals surface area contributed by atoms with Gasteiger partial charge in [-0.05, 0) is 74.1 Å². The maximum Gasteiger partial charge on any atom is 0.227 e. The summed E-state index contributed by atoms with van der Waals surface area (Å²) in [6.45, 7) is 10.7. The molecule has 2 N–H and O–H groups in total. The summed E-state index contributed by atoms with van der Waals surface area (Å²) in [5.41, 5.74) is 6.37. The van der Waals surface area contributed by atoms with Crippen LogP contribution in [0.3, 0.4) is 0 Å². The van der Waals surface area contributed by atoms with E-state index in [1.54, 1.807) is 6.20 Å². The molecule has 1 fully saturated rings. The summed E-state index contributed by atoms with van der Waals surface area (Å²) in [7, 11) is 0. The molecular formula is C27H33N5. The summed E-state index contributed by atoms with van der Waals surface area (Å²) in [5.74, 6) is 1.24. The summed E-state index contributed by atoms with van der Waals surface area (Å²) < 4.78 is 0. The molecule has 4 rings (SSSR count). The van der Waals surface area contributed by atoms with Crippen molar-refractivity contribution < 1.29 is 0 Å². The molecule has 0 amide bonds. The number of anilines is 4. The van der Waals surface area contributed by atoms with Gasteiger partial charge < -0.3 is 15.5 Å². The molecule has 0 atom stereocenters. The number of rotatable bonds is 11.